The molecule has 2 aromatic carbocycles. The molecular weight excluding hydrogens is 347 g/mol. The van der Waals surface area contributed by atoms with Crippen molar-refractivity contribution in [3.63, 3.8) is 0 Å². The van der Waals surface area contributed by atoms with Crippen LogP contribution < -0.4 is 0 Å². The van der Waals surface area contributed by atoms with Gasteiger partial charge in [0.2, 0.25) is 0 Å². The van der Waals surface area contributed by atoms with Crippen molar-refractivity contribution in [2.45, 2.75) is 39.4 Å². The zero-order valence-electron chi connectivity index (χ0n) is 14.3. The van der Waals surface area contributed by atoms with E-state index in [4.69, 9.17) is 11.6 Å². The molecule has 0 aliphatic carbocycles. The molecule has 5 heteroatoms. The van der Waals surface area contributed by atoms with Gasteiger partial charge in [0.05, 0.1) is 5.56 Å². The van der Waals surface area contributed by atoms with Gasteiger partial charge in [-0.3, -0.25) is 0 Å². The Bertz CT molecular complexity index is 923. The molecule has 0 aliphatic heterocycles. The Morgan fingerprint density at radius 2 is 1.76 bits per heavy atom. The summed E-state index contributed by atoms with van der Waals surface area (Å²) in [4.78, 5) is 0. The minimum atomic E-state index is -4.43. The van der Waals surface area contributed by atoms with Crippen molar-refractivity contribution in [2.75, 3.05) is 0 Å². The third-order valence-electron chi connectivity index (χ3n) is 4.54. The van der Waals surface area contributed by atoms with Gasteiger partial charge in [-0.2, -0.15) is 13.2 Å². The Balaban J connectivity index is 2.20. The molecule has 0 radical (unpaired) electrons. The molecule has 1 heterocycles. The van der Waals surface area contributed by atoms with E-state index >= 15 is 0 Å². The summed E-state index contributed by atoms with van der Waals surface area (Å²) in [5, 5.41) is 1.17. The van der Waals surface area contributed by atoms with Gasteiger partial charge >= 0.3 is 6.18 Å². The molecule has 0 spiro atoms. The Hall–Kier alpha value is -1.94. The quantitative estimate of drug-likeness (QED) is 0.481. The second kappa shape index (κ2) is 6.41. The van der Waals surface area contributed by atoms with Crippen molar-refractivity contribution < 1.29 is 13.2 Å². The van der Waals surface area contributed by atoms with Crippen molar-refractivity contribution in [1.82, 2.24) is 4.57 Å². The first-order valence-electron chi connectivity index (χ1n) is 8.14. The van der Waals surface area contributed by atoms with E-state index in [-0.39, 0.29) is 23.0 Å². The maximum atomic E-state index is 13.4. The highest BCUT2D eigenvalue weighted by Crippen LogP contribution is 2.37. The van der Waals surface area contributed by atoms with Gasteiger partial charge in [-0.15, -0.1) is 0 Å². The predicted octanol–water partition coefficient (Wildman–Crippen LogP) is 6.79. The lowest BCUT2D eigenvalue weighted by molar-refractivity contribution is -0.138. The largest absolute Gasteiger partial charge is 0.416 e. The molecular formula is C20H19ClF3N. The van der Waals surface area contributed by atoms with Crippen LogP contribution >= 0.6 is 11.6 Å². The van der Waals surface area contributed by atoms with Crippen LogP contribution in [0.25, 0.3) is 10.9 Å². The fraction of sp³-hybridized carbons (Fsp3) is 0.300. The summed E-state index contributed by atoms with van der Waals surface area (Å²) in [6.45, 7) is 6.06. The van der Waals surface area contributed by atoms with Crippen molar-refractivity contribution in [2.24, 2.45) is 0 Å². The first-order valence-corrected chi connectivity index (χ1v) is 8.52. The van der Waals surface area contributed by atoms with E-state index in [1.165, 1.54) is 12.1 Å². The summed E-state index contributed by atoms with van der Waals surface area (Å²) >= 11 is 5.80. The summed E-state index contributed by atoms with van der Waals surface area (Å²) in [5.41, 5.74) is 2.55. The van der Waals surface area contributed by atoms with Gasteiger partial charge < -0.3 is 4.57 Å². The van der Waals surface area contributed by atoms with E-state index in [2.05, 4.69) is 4.57 Å². The van der Waals surface area contributed by atoms with Gasteiger partial charge in [-0.25, -0.2) is 0 Å². The van der Waals surface area contributed by atoms with Crippen molar-refractivity contribution in [1.29, 1.82) is 0 Å². The molecule has 0 atom stereocenters. The highest BCUT2D eigenvalue weighted by Gasteiger charge is 2.34. The molecule has 0 saturated carbocycles. The van der Waals surface area contributed by atoms with Crippen LogP contribution in [0.1, 0.15) is 42.3 Å². The van der Waals surface area contributed by atoms with Crippen molar-refractivity contribution in [3.8, 4) is 0 Å². The molecule has 0 saturated heterocycles. The maximum absolute atomic E-state index is 13.4. The second-order valence-electron chi connectivity index (χ2n) is 6.53. The Morgan fingerprint density at radius 3 is 2.40 bits per heavy atom. The molecule has 132 valence electrons. The van der Waals surface area contributed by atoms with E-state index in [1.54, 1.807) is 0 Å². The van der Waals surface area contributed by atoms with Gasteiger partial charge in [-0.05, 0) is 50.1 Å². The predicted molar refractivity (Wildman–Crippen MR) is 96.3 cm³/mol. The molecule has 0 fully saturated rings. The van der Waals surface area contributed by atoms with E-state index in [0.29, 0.717) is 0 Å². The van der Waals surface area contributed by atoms with Gasteiger partial charge in [0.25, 0.3) is 0 Å². The Labute approximate surface area is 150 Å². The molecule has 0 unspecified atom stereocenters. The fourth-order valence-electron chi connectivity index (χ4n) is 3.44. The van der Waals surface area contributed by atoms with Crippen LogP contribution in [0.15, 0.2) is 42.5 Å². The summed E-state index contributed by atoms with van der Waals surface area (Å²) < 4.78 is 42.4. The lowest BCUT2D eigenvalue weighted by atomic mass is 10.00. The highest BCUT2D eigenvalue weighted by molar-refractivity contribution is 6.30. The molecule has 3 aromatic rings. The Kier molecular flexibility index (Phi) is 4.58. The number of alkyl halides is 3. The average molecular weight is 366 g/mol. The van der Waals surface area contributed by atoms with Crippen LogP contribution in [-0.2, 0) is 12.6 Å². The zero-order chi connectivity index (χ0) is 18.4. The molecule has 25 heavy (non-hydrogen) atoms. The lowest BCUT2D eigenvalue weighted by Gasteiger charge is -2.18. The number of fused-ring (bicyclic) bond motifs is 1. The number of hydrogen-bond donors (Lipinski definition) is 0. The molecule has 0 aliphatic rings. The SMILES string of the molecule is Cc1c(Cc2ccc(Cl)cc2C(F)(F)F)n(C(C)C)c2ccccc12. The highest BCUT2D eigenvalue weighted by atomic mass is 35.5. The number of aryl methyl sites for hydroxylation is 1. The van der Waals surface area contributed by atoms with Crippen molar-refractivity contribution in [3.05, 3.63) is 69.9 Å². The number of rotatable bonds is 3. The minimum absolute atomic E-state index is 0.0946. The van der Waals surface area contributed by atoms with E-state index in [1.807, 2.05) is 45.0 Å². The first-order chi connectivity index (χ1) is 11.7. The summed E-state index contributed by atoms with van der Waals surface area (Å²) in [6.07, 6.45) is -4.21. The maximum Gasteiger partial charge on any atom is 0.416 e. The van der Waals surface area contributed by atoms with Crippen LogP contribution in [0.4, 0.5) is 13.2 Å². The standard InChI is InChI=1S/C20H19ClF3N/c1-12(2)25-18-7-5-4-6-16(18)13(3)19(25)10-14-8-9-15(21)11-17(14)20(22,23)24/h4-9,11-12H,10H2,1-3H3. The monoisotopic (exact) mass is 365 g/mol. The van der Waals surface area contributed by atoms with Crippen LogP contribution in [0.5, 0.6) is 0 Å². The van der Waals surface area contributed by atoms with Crippen LogP contribution in [0.2, 0.25) is 5.02 Å². The summed E-state index contributed by atoms with van der Waals surface area (Å²) in [6, 6.07) is 12.1. The smallest absolute Gasteiger partial charge is 0.341 e. The number of para-hydroxylation sites is 1. The third kappa shape index (κ3) is 3.28. The summed E-state index contributed by atoms with van der Waals surface area (Å²) in [7, 11) is 0. The average Bonchev–Trinajstić information content (AvgIpc) is 2.81. The van der Waals surface area contributed by atoms with Gasteiger partial charge in [-0.1, -0.05) is 35.9 Å². The molecule has 0 bridgehead atoms. The molecule has 0 amide bonds. The van der Waals surface area contributed by atoms with E-state index in [9.17, 15) is 13.2 Å². The second-order valence-corrected chi connectivity index (χ2v) is 6.97. The normalized spacial score (nSPS) is 12.3. The number of halogens is 4. The van der Waals surface area contributed by atoms with Crippen LogP contribution in [0.3, 0.4) is 0 Å². The molecule has 1 nitrogen and oxygen atoms in total. The van der Waals surface area contributed by atoms with Crippen molar-refractivity contribution >= 4 is 22.5 Å². The van der Waals surface area contributed by atoms with E-state index in [0.717, 1.165) is 28.2 Å². The van der Waals surface area contributed by atoms with E-state index < -0.39 is 11.7 Å². The molecule has 3 rings (SSSR count). The summed E-state index contributed by atoms with van der Waals surface area (Å²) in [5.74, 6) is 0. The van der Waals surface area contributed by atoms with Gasteiger partial charge in [0.1, 0.15) is 0 Å². The Morgan fingerprint density at radius 1 is 1.08 bits per heavy atom. The molecule has 0 N–H and O–H groups in total. The minimum Gasteiger partial charge on any atom is -0.341 e. The number of hydrogen-bond acceptors (Lipinski definition) is 0. The number of benzene rings is 2. The zero-order valence-corrected chi connectivity index (χ0v) is 15.0. The van der Waals surface area contributed by atoms with Gasteiger partial charge in [0, 0.05) is 34.1 Å². The molecule has 1 aromatic heterocycles. The third-order valence-corrected chi connectivity index (χ3v) is 4.78. The fourth-order valence-corrected chi connectivity index (χ4v) is 3.61. The number of nitrogens with zero attached hydrogens (tertiary/aromatic N) is 1. The lowest BCUT2D eigenvalue weighted by Crippen LogP contribution is -2.12. The van der Waals surface area contributed by atoms with Crippen LogP contribution in [-0.4, -0.2) is 4.57 Å². The first kappa shape index (κ1) is 17.9. The topological polar surface area (TPSA) is 4.93 Å². The van der Waals surface area contributed by atoms with Gasteiger partial charge in [0.15, 0.2) is 0 Å². The number of aromatic nitrogens is 1. The van der Waals surface area contributed by atoms with Crippen LogP contribution in [0, 0.1) is 6.92 Å².